The number of urea groups is 1. The number of carbonyl (C=O) groups excluding carboxylic acids is 2. The van der Waals surface area contributed by atoms with Crippen LogP contribution in [0.15, 0.2) is 35.1 Å². The number of anilines is 2. The van der Waals surface area contributed by atoms with Crippen molar-refractivity contribution in [2.24, 2.45) is 0 Å². The van der Waals surface area contributed by atoms with Crippen LogP contribution in [0, 0.1) is 0 Å². The van der Waals surface area contributed by atoms with Gasteiger partial charge >= 0.3 is 12.0 Å². The first-order valence-electron chi connectivity index (χ1n) is 13.7. The molecule has 5 heterocycles. The van der Waals surface area contributed by atoms with Crippen LogP contribution in [0.25, 0.3) is 0 Å². The number of halogens is 2. The molecule has 0 saturated carbocycles. The van der Waals surface area contributed by atoms with Gasteiger partial charge in [0.05, 0.1) is 19.3 Å². The summed E-state index contributed by atoms with van der Waals surface area (Å²) in [4.78, 5) is 40.4. The SMILES string of the molecule is COc1ccc2c(c1)CCN(C1CCN(c3cc(C(=O)N4CCc5noc(C(C)(F)F)c5C4)ncn3)CC1)C(=O)N2. The van der Waals surface area contributed by atoms with Gasteiger partial charge in [0.1, 0.15) is 23.6 Å². The molecule has 0 bridgehead atoms. The lowest BCUT2D eigenvalue weighted by molar-refractivity contribution is -0.0121. The molecule has 0 atom stereocenters. The molecular weight excluding hydrogens is 536 g/mol. The zero-order chi connectivity index (χ0) is 28.7. The topological polar surface area (TPSA) is 117 Å². The van der Waals surface area contributed by atoms with E-state index in [4.69, 9.17) is 9.26 Å². The second-order valence-corrected chi connectivity index (χ2v) is 10.7. The van der Waals surface area contributed by atoms with Crippen molar-refractivity contribution in [3.63, 3.8) is 0 Å². The Morgan fingerprint density at radius 2 is 1.93 bits per heavy atom. The van der Waals surface area contributed by atoms with Crippen molar-refractivity contribution in [2.75, 3.05) is 43.5 Å². The van der Waals surface area contributed by atoms with E-state index in [0.29, 0.717) is 44.1 Å². The molecule has 1 saturated heterocycles. The van der Waals surface area contributed by atoms with Crippen LogP contribution in [0.3, 0.4) is 0 Å². The second kappa shape index (κ2) is 10.6. The van der Waals surface area contributed by atoms with Gasteiger partial charge in [-0.1, -0.05) is 5.16 Å². The maximum Gasteiger partial charge on any atom is 0.322 e. The van der Waals surface area contributed by atoms with E-state index >= 15 is 0 Å². The lowest BCUT2D eigenvalue weighted by Crippen LogP contribution is -2.49. The number of aromatic nitrogens is 3. The molecule has 1 N–H and O–H groups in total. The van der Waals surface area contributed by atoms with E-state index < -0.39 is 11.7 Å². The third kappa shape index (κ3) is 5.27. The summed E-state index contributed by atoms with van der Waals surface area (Å²) in [5.74, 6) is -2.67. The third-order valence-electron chi connectivity index (χ3n) is 8.06. The molecule has 3 aromatic rings. The number of fused-ring (bicyclic) bond motifs is 2. The molecule has 3 aliphatic heterocycles. The van der Waals surface area contributed by atoms with Crippen molar-refractivity contribution in [2.45, 2.75) is 51.1 Å². The third-order valence-corrected chi connectivity index (χ3v) is 8.06. The molecule has 1 aromatic carbocycles. The van der Waals surface area contributed by atoms with Crippen LogP contribution < -0.4 is 15.0 Å². The minimum absolute atomic E-state index is 0.0181. The largest absolute Gasteiger partial charge is 0.497 e. The van der Waals surface area contributed by atoms with Crippen molar-refractivity contribution in [3.8, 4) is 5.75 Å². The van der Waals surface area contributed by atoms with Crippen molar-refractivity contribution in [3.05, 3.63) is 58.9 Å². The van der Waals surface area contributed by atoms with Gasteiger partial charge in [0.25, 0.3) is 5.91 Å². The highest BCUT2D eigenvalue weighted by molar-refractivity contribution is 5.93. The lowest BCUT2D eigenvalue weighted by Gasteiger charge is -2.38. The van der Waals surface area contributed by atoms with Crippen LogP contribution in [0.4, 0.5) is 25.1 Å². The van der Waals surface area contributed by atoms with Gasteiger partial charge in [-0.3, -0.25) is 4.79 Å². The normalized spacial score (nSPS) is 18.0. The summed E-state index contributed by atoms with van der Waals surface area (Å²) in [6.45, 7) is 2.98. The summed E-state index contributed by atoms with van der Waals surface area (Å²) >= 11 is 0. The van der Waals surface area contributed by atoms with E-state index in [1.165, 1.54) is 11.2 Å². The molecule has 13 heteroatoms. The molecule has 2 aromatic heterocycles. The Morgan fingerprint density at radius 3 is 2.68 bits per heavy atom. The number of carbonyl (C=O) groups is 2. The van der Waals surface area contributed by atoms with Crippen LogP contribution in [-0.4, -0.2) is 76.2 Å². The standard InChI is InChI=1S/C28H31F2N7O4/c1-28(29,30)25-20-15-36(11-8-22(20)34-41-25)26(38)23-14-24(32-16-31-23)35-9-6-18(7-10-35)37-12-5-17-13-19(40-2)3-4-21(17)33-27(37)39/h3-4,13-14,16,18H,5-12,15H2,1-2H3,(H,33,39). The van der Waals surface area contributed by atoms with E-state index in [0.717, 1.165) is 43.2 Å². The summed E-state index contributed by atoms with van der Waals surface area (Å²) < 4.78 is 38.2. The fourth-order valence-corrected chi connectivity index (χ4v) is 5.84. The van der Waals surface area contributed by atoms with Gasteiger partial charge < -0.3 is 29.3 Å². The van der Waals surface area contributed by atoms with E-state index in [1.54, 1.807) is 13.2 Å². The fourth-order valence-electron chi connectivity index (χ4n) is 5.84. The maximum absolute atomic E-state index is 14.0. The number of ether oxygens (including phenoxy) is 1. The van der Waals surface area contributed by atoms with E-state index in [-0.39, 0.29) is 35.8 Å². The van der Waals surface area contributed by atoms with E-state index in [1.807, 2.05) is 23.1 Å². The van der Waals surface area contributed by atoms with Gasteiger partial charge in [-0.2, -0.15) is 8.78 Å². The highest BCUT2D eigenvalue weighted by Crippen LogP contribution is 2.35. The van der Waals surface area contributed by atoms with Gasteiger partial charge in [-0.15, -0.1) is 0 Å². The smallest absolute Gasteiger partial charge is 0.322 e. The number of alkyl halides is 2. The highest BCUT2D eigenvalue weighted by Gasteiger charge is 2.38. The Kier molecular flexibility index (Phi) is 6.96. The lowest BCUT2D eigenvalue weighted by atomic mass is 10.0. The zero-order valence-electron chi connectivity index (χ0n) is 22.9. The predicted molar refractivity (Wildman–Crippen MR) is 144 cm³/mol. The number of nitrogens with one attached hydrogen (secondary N) is 1. The van der Waals surface area contributed by atoms with Gasteiger partial charge in [-0.05, 0) is 43.0 Å². The van der Waals surface area contributed by atoms with E-state index in [9.17, 15) is 18.4 Å². The number of hydrogen-bond donors (Lipinski definition) is 1. The Labute approximate surface area is 235 Å². The van der Waals surface area contributed by atoms with Crippen LogP contribution in [0.1, 0.15) is 52.8 Å². The molecule has 6 rings (SSSR count). The molecule has 1 fully saturated rings. The van der Waals surface area contributed by atoms with Crippen LogP contribution in [0.5, 0.6) is 5.75 Å². The number of methoxy groups -OCH3 is 1. The first-order valence-corrected chi connectivity index (χ1v) is 13.7. The second-order valence-electron chi connectivity index (χ2n) is 10.7. The number of rotatable bonds is 5. The summed E-state index contributed by atoms with van der Waals surface area (Å²) in [6, 6.07) is 7.28. The molecule has 3 aliphatic rings. The molecule has 216 valence electrons. The predicted octanol–water partition coefficient (Wildman–Crippen LogP) is 3.84. The molecule has 41 heavy (non-hydrogen) atoms. The van der Waals surface area contributed by atoms with Crippen LogP contribution in [0.2, 0.25) is 0 Å². The summed E-state index contributed by atoms with van der Waals surface area (Å²) in [6.07, 6.45) is 3.90. The molecular formula is C28H31F2N7O4. The fraction of sp³-hybridized carbons (Fsp3) is 0.464. The Bertz CT molecular complexity index is 1470. The molecule has 3 amide bonds. The average Bonchev–Trinajstić information content (AvgIpc) is 3.35. The Balaban J connectivity index is 1.09. The molecule has 0 radical (unpaired) electrons. The molecule has 11 nitrogen and oxygen atoms in total. The minimum Gasteiger partial charge on any atom is -0.497 e. The number of nitrogens with zero attached hydrogens (tertiary/aromatic N) is 6. The van der Waals surface area contributed by atoms with Crippen LogP contribution in [-0.2, 0) is 25.3 Å². The van der Waals surface area contributed by atoms with Gasteiger partial charge in [0.2, 0.25) is 5.76 Å². The number of hydrogen-bond acceptors (Lipinski definition) is 8. The van der Waals surface area contributed by atoms with Crippen molar-refractivity contribution >= 4 is 23.4 Å². The van der Waals surface area contributed by atoms with Crippen molar-refractivity contribution < 1.29 is 27.6 Å². The minimum atomic E-state index is -3.19. The molecule has 0 unspecified atom stereocenters. The number of amides is 3. The molecule has 0 aliphatic carbocycles. The van der Waals surface area contributed by atoms with Crippen LogP contribution >= 0.6 is 0 Å². The first kappa shape index (κ1) is 26.9. The average molecular weight is 568 g/mol. The van der Waals surface area contributed by atoms with Gasteiger partial charge in [0.15, 0.2) is 0 Å². The summed E-state index contributed by atoms with van der Waals surface area (Å²) in [5, 5.41) is 6.81. The first-order chi connectivity index (χ1) is 19.7. The number of piperidine rings is 1. The summed E-state index contributed by atoms with van der Waals surface area (Å²) in [5.41, 5.74) is 2.76. The monoisotopic (exact) mass is 567 g/mol. The van der Waals surface area contributed by atoms with Crippen molar-refractivity contribution in [1.29, 1.82) is 0 Å². The van der Waals surface area contributed by atoms with Crippen molar-refractivity contribution in [1.82, 2.24) is 24.9 Å². The zero-order valence-corrected chi connectivity index (χ0v) is 22.9. The Morgan fingerprint density at radius 1 is 1.12 bits per heavy atom. The molecule has 0 spiro atoms. The quantitative estimate of drug-likeness (QED) is 0.494. The summed E-state index contributed by atoms with van der Waals surface area (Å²) in [7, 11) is 1.63. The van der Waals surface area contributed by atoms with Gasteiger partial charge in [0, 0.05) is 62.9 Å². The Hall–Kier alpha value is -4.29. The van der Waals surface area contributed by atoms with Gasteiger partial charge in [-0.25, -0.2) is 14.8 Å². The number of benzene rings is 1. The maximum atomic E-state index is 14.0. The van der Waals surface area contributed by atoms with E-state index in [2.05, 4.69) is 25.3 Å². The highest BCUT2D eigenvalue weighted by atomic mass is 19.3.